The van der Waals surface area contributed by atoms with Crippen LogP contribution in [0.2, 0.25) is 0 Å². The Bertz CT molecular complexity index is 849. The molecule has 1 saturated heterocycles. The first-order valence-corrected chi connectivity index (χ1v) is 9.93. The molecule has 1 aromatic heterocycles. The Hall–Kier alpha value is -2.67. The predicted octanol–water partition coefficient (Wildman–Crippen LogP) is 2.01. The molecule has 1 fully saturated rings. The van der Waals surface area contributed by atoms with Crippen LogP contribution in [-0.2, 0) is 6.54 Å². The van der Waals surface area contributed by atoms with Crippen molar-refractivity contribution >= 4 is 17.2 Å². The van der Waals surface area contributed by atoms with E-state index in [0.717, 1.165) is 61.8 Å². The van der Waals surface area contributed by atoms with Crippen LogP contribution in [0.3, 0.4) is 0 Å². The first kappa shape index (κ1) is 20.1. The van der Waals surface area contributed by atoms with Crippen molar-refractivity contribution in [3.05, 3.63) is 57.4 Å². The van der Waals surface area contributed by atoms with Gasteiger partial charge in [0.05, 0.1) is 31.1 Å². The van der Waals surface area contributed by atoms with Gasteiger partial charge >= 0.3 is 0 Å². The molecule has 0 spiro atoms. The van der Waals surface area contributed by atoms with E-state index in [-0.39, 0.29) is 16.4 Å². The number of carbonyl (C=O) groups is 1. The molecule has 0 radical (unpaired) electrons. The van der Waals surface area contributed by atoms with Gasteiger partial charge in [-0.15, -0.1) is 0 Å². The number of anilines is 1. The summed E-state index contributed by atoms with van der Waals surface area (Å²) in [7, 11) is 0. The zero-order chi connectivity index (χ0) is 20.3. The highest BCUT2D eigenvalue weighted by molar-refractivity contribution is 5.98. The number of ketones is 1. The Labute approximate surface area is 165 Å². The Morgan fingerprint density at radius 1 is 1.18 bits per heavy atom. The molecule has 28 heavy (non-hydrogen) atoms. The molecule has 0 atom stereocenters. The summed E-state index contributed by atoms with van der Waals surface area (Å²) >= 11 is 0. The van der Waals surface area contributed by atoms with Gasteiger partial charge in [0.25, 0.3) is 5.69 Å². The molecular formula is C21H29N4O3+. The molecule has 0 amide bonds. The lowest BCUT2D eigenvalue weighted by molar-refractivity contribution is -0.892. The van der Waals surface area contributed by atoms with Gasteiger partial charge in [0.1, 0.15) is 6.54 Å². The van der Waals surface area contributed by atoms with Crippen LogP contribution < -0.4 is 9.80 Å². The van der Waals surface area contributed by atoms with Crippen molar-refractivity contribution in [2.75, 3.05) is 37.6 Å². The molecule has 3 rings (SSSR count). The number of aromatic nitrogens is 1. The number of nitrogens with zero attached hydrogens (tertiary/aromatic N) is 3. The van der Waals surface area contributed by atoms with Crippen molar-refractivity contribution in [3.63, 3.8) is 0 Å². The number of nitrogens with one attached hydrogen (secondary N) is 1. The van der Waals surface area contributed by atoms with E-state index in [1.165, 1.54) is 4.90 Å². The Balaban J connectivity index is 1.57. The van der Waals surface area contributed by atoms with Gasteiger partial charge in [0.2, 0.25) is 5.78 Å². The number of rotatable bonds is 7. The van der Waals surface area contributed by atoms with E-state index in [4.69, 9.17) is 0 Å². The SMILES string of the molecule is CCCn1c(C)cc(C(=O)C[NH+]2CCN(c3ccc([N+](=O)[O-])cc3)CC2)c1C. The summed E-state index contributed by atoms with van der Waals surface area (Å²) in [5, 5.41) is 10.8. The van der Waals surface area contributed by atoms with Gasteiger partial charge in [0.15, 0.2) is 0 Å². The van der Waals surface area contributed by atoms with E-state index in [2.05, 4.69) is 23.3 Å². The highest BCUT2D eigenvalue weighted by Crippen LogP contribution is 2.19. The normalized spacial score (nSPS) is 15.0. The fourth-order valence-electron chi connectivity index (χ4n) is 4.02. The zero-order valence-electron chi connectivity index (χ0n) is 16.9. The zero-order valence-corrected chi connectivity index (χ0v) is 16.9. The van der Waals surface area contributed by atoms with E-state index >= 15 is 0 Å². The number of carbonyl (C=O) groups excluding carboxylic acids is 1. The van der Waals surface area contributed by atoms with E-state index in [1.54, 1.807) is 24.3 Å². The topological polar surface area (TPSA) is 72.8 Å². The third-order valence-corrected chi connectivity index (χ3v) is 5.63. The summed E-state index contributed by atoms with van der Waals surface area (Å²) in [5.74, 6) is 0.217. The highest BCUT2D eigenvalue weighted by atomic mass is 16.6. The number of nitro benzene ring substituents is 1. The van der Waals surface area contributed by atoms with E-state index in [0.29, 0.717) is 6.54 Å². The van der Waals surface area contributed by atoms with Gasteiger partial charge in [-0.05, 0) is 38.5 Å². The lowest BCUT2D eigenvalue weighted by atomic mass is 10.1. The maximum atomic E-state index is 12.8. The molecule has 7 nitrogen and oxygen atoms in total. The van der Waals surface area contributed by atoms with Gasteiger partial charge in [-0.25, -0.2) is 0 Å². The molecular weight excluding hydrogens is 356 g/mol. The smallest absolute Gasteiger partial charge is 0.269 e. The van der Waals surface area contributed by atoms with Crippen LogP contribution in [0.4, 0.5) is 11.4 Å². The summed E-state index contributed by atoms with van der Waals surface area (Å²) < 4.78 is 2.23. The second-order valence-electron chi connectivity index (χ2n) is 7.55. The van der Waals surface area contributed by atoms with Crippen molar-refractivity contribution in [2.45, 2.75) is 33.7 Å². The monoisotopic (exact) mass is 385 g/mol. The molecule has 0 saturated carbocycles. The number of nitro groups is 1. The molecule has 0 unspecified atom stereocenters. The lowest BCUT2D eigenvalue weighted by Gasteiger charge is -2.33. The summed E-state index contributed by atoms with van der Waals surface area (Å²) in [5.41, 5.74) is 4.20. The Morgan fingerprint density at radius 2 is 1.82 bits per heavy atom. The number of aryl methyl sites for hydroxylation is 1. The van der Waals surface area contributed by atoms with Crippen LogP contribution in [0.25, 0.3) is 0 Å². The fraction of sp³-hybridized carbons (Fsp3) is 0.476. The summed E-state index contributed by atoms with van der Waals surface area (Å²) in [4.78, 5) is 26.8. The summed E-state index contributed by atoms with van der Waals surface area (Å²) in [6.07, 6.45) is 1.06. The molecule has 0 bridgehead atoms. The van der Waals surface area contributed by atoms with Crippen molar-refractivity contribution in [2.24, 2.45) is 0 Å². The minimum absolute atomic E-state index is 0.110. The second kappa shape index (κ2) is 8.56. The van der Waals surface area contributed by atoms with Crippen LogP contribution in [-0.4, -0.2) is 48.0 Å². The third kappa shape index (κ3) is 4.25. The van der Waals surface area contributed by atoms with Gasteiger partial charge in [-0.1, -0.05) is 6.92 Å². The average molecular weight is 385 g/mol. The number of non-ortho nitro benzene ring substituents is 1. The quantitative estimate of drug-likeness (QED) is 0.450. The van der Waals surface area contributed by atoms with Crippen LogP contribution in [0, 0.1) is 24.0 Å². The van der Waals surface area contributed by atoms with E-state index in [1.807, 2.05) is 13.0 Å². The number of hydrogen-bond acceptors (Lipinski definition) is 4. The molecule has 1 aliphatic rings. The number of benzene rings is 1. The van der Waals surface area contributed by atoms with Gasteiger partial charge in [-0.3, -0.25) is 14.9 Å². The number of quaternary nitrogens is 1. The van der Waals surface area contributed by atoms with Gasteiger partial charge in [0, 0.05) is 41.3 Å². The Morgan fingerprint density at radius 3 is 2.39 bits per heavy atom. The van der Waals surface area contributed by atoms with Crippen LogP contribution in [0.1, 0.15) is 35.1 Å². The first-order chi connectivity index (χ1) is 13.4. The predicted molar refractivity (Wildman–Crippen MR) is 109 cm³/mol. The van der Waals surface area contributed by atoms with Gasteiger partial charge < -0.3 is 14.4 Å². The molecule has 1 aliphatic heterocycles. The van der Waals surface area contributed by atoms with Crippen molar-refractivity contribution in [3.8, 4) is 0 Å². The van der Waals surface area contributed by atoms with Crippen LogP contribution >= 0.6 is 0 Å². The highest BCUT2D eigenvalue weighted by Gasteiger charge is 2.25. The van der Waals surface area contributed by atoms with E-state index < -0.39 is 0 Å². The maximum absolute atomic E-state index is 12.8. The minimum atomic E-state index is -0.380. The van der Waals surface area contributed by atoms with Crippen molar-refractivity contribution in [1.29, 1.82) is 0 Å². The molecule has 0 aliphatic carbocycles. The Kier molecular flexibility index (Phi) is 6.14. The molecule has 7 heteroatoms. The summed E-state index contributed by atoms with van der Waals surface area (Å²) in [6.45, 7) is 11.2. The number of hydrogen-bond donors (Lipinski definition) is 1. The van der Waals surface area contributed by atoms with Crippen LogP contribution in [0.15, 0.2) is 30.3 Å². The lowest BCUT2D eigenvalue weighted by Crippen LogP contribution is -3.15. The number of Topliss-reactive ketones (excluding diaryl/α,β-unsaturated/α-hetero) is 1. The molecule has 2 heterocycles. The number of piperazine rings is 1. The molecule has 1 aromatic carbocycles. The molecule has 1 N–H and O–H groups in total. The van der Waals surface area contributed by atoms with Gasteiger partial charge in [-0.2, -0.15) is 0 Å². The van der Waals surface area contributed by atoms with Crippen molar-refractivity contribution < 1.29 is 14.6 Å². The van der Waals surface area contributed by atoms with E-state index in [9.17, 15) is 14.9 Å². The summed E-state index contributed by atoms with van der Waals surface area (Å²) in [6, 6.07) is 8.72. The largest absolute Gasteiger partial charge is 0.360 e. The standard InChI is InChI=1S/C21H28N4O3/c1-4-9-24-16(2)14-20(17(24)3)21(26)15-22-10-12-23(13-11-22)18-5-7-19(8-6-18)25(27)28/h5-8,14H,4,9-13,15H2,1-3H3/p+1. The molecule has 150 valence electrons. The first-order valence-electron chi connectivity index (χ1n) is 9.93. The maximum Gasteiger partial charge on any atom is 0.269 e. The van der Waals surface area contributed by atoms with Crippen LogP contribution in [0.5, 0.6) is 0 Å². The minimum Gasteiger partial charge on any atom is -0.360 e. The fourth-order valence-corrected chi connectivity index (χ4v) is 4.02. The van der Waals surface area contributed by atoms with Crippen molar-refractivity contribution in [1.82, 2.24) is 4.57 Å². The second-order valence-corrected chi connectivity index (χ2v) is 7.55. The third-order valence-electron chi connectivity index (χ3n) is 5.63. The average Bonchev–Trinajstić information content (AvgIpc) is 2.97. The molecule has 2 aromatic rings.